The molecular formula is C4H7Br3O2. The summed E-state index contributed by atoms with van der Waals surface area (Å²) < 4.78 is -0.449. The van der Waals surface area contributed by atoms with Gasteiger partial charge in [0, 0.05) is 6.42 Å². The van der Waals surface area contributed by atoms with Crippen molar-refractivity contribution >= 4 is 47.8 Å². The van der Waals surface area contributed by atoms with E-state index in [-0.39, 0.29) is 6.61 Å². The molecule has 0 heterocycles. The molecule has 0 aliphatic carbocycles. The van der Waals surface area contributed by atoms with Crippen LogP contribution < -0.4 is 0 Å². The van der Waals surface area contributed by atoms with Crippen molar-refractivity contribution in [3.8, 4) is 0 Å². The van der Waals surface area contributed by atoms with E-state index in [0.717, 1.165) is 0 Å². The Morgan fingerprint density at radius 1 is 1.33 bits per heavy atom. The van der Waals surface area contributed by atoms with E-state index in [4.69, 9.17) is 10.2 Å². The number of aliphatic hydroxyl groups excluding tert-OH is 2. The van der Waals surface area contributed by atoms with Crippen molar-refractivity contribution in [2.45, 2.75) is 14.7 Å². The van der Waals surface area contributed by atoms with Crippen molar-refractivity contribution in [3.05, 3.63) is 0 Å². The Balaban J connectivity index is 3.47. The predicted octanol–water partition coefficient (Wildman–Crippen LogP) is 1.57. The average Bonchev–Trinajstić information content (AvgIpc) is 1.62. The minimum atomic E-state index is -0.692. The van der Waals surface area contributed by atoms with Gasteiger partial charge >= 0.3 is 0 Å². The molecular weight excluding hydrogens is 320 g/mol. The van der Waals surface area contributed by atoms with Gasteiger partial charge in [-0.1, -0.05) is 47.8 Å². The van der Waals surface area contributed by atoms with Gasteiger partial charge in [0.15, 0.2) is 0 Å². The Hall–Kier alpha value is 1.36. The van der Waals surface area contributed by atoms with Crippen molar-refractivity contribution in [2.24, 2.45) is 0 Å². The molecule has 1 atom stereocenters. The molecule has 0 bridgehead atoms. The molecule has 1 unspecified atom stereocenters. The van der Waals surface area contributed by atoms with Crippen LogP contribution in [0.1, 0.15) is 6.42 Å². The maximum atomic E-state index is 8.85. The molecule has 0 rings (SSSR count). The van der Waals surface area contributed by atoms with E-state index in [9.17, 15) is 0 Å². The zero-order valence-electron chi connectivity index (χ0n) is 4.52. The van der Waals surface area contributed by atoms with Gasteiger partial charge in [-0.25, -0.2) is 0 Å². The lowest BCUT2D eigenvalue weighted by molar-refractivity contribution is 0.0913. The Kier molecular flexibility index (Phi) is 4.93. The van der Waals surface area contributed by atoms with Gasteiger partial charge < -0.3 is 10.2 Å². The molecule has 56 valence electrons. The summed E-state index contributed by atoms with van der Waals surface area (Å²) in [7, 11) is 0. The fourth-order valence-electron chi connectivity index (χ4n) is 0.332. The van der Waals surface area contributed by atoms with Crippen LogP contribution in [0.4, 0.5) is 0 Å². The average molecular weight is 327 g/mol. The Morgan fingerprint density at radius 3 is 1.89 bits per heavy atom. The van der Waals surface area contributed by atoms with Crippen LogP contribution in [0, 0.1) is 0 Å². The molecule has 0 aromatic carbocycles. The first-order chi connectivity index (χ1) is 3.95. The molecule has 0 saturated heterocycles. The van der Waals surface area contributed by atoms with Crippen LogP contribution in [0.2, 0.25) is 0 Å². The van der Waals surface area contributed by atoms with Crippen molar-refractivity contribution in [3.63, 3.8) is 0 Å². The number of rotatable bonds is 2. The molecule has 0 aromatic rings. The van der Waals surface area contributed by atoms with E-state index in [1.54, 1.807) is 0 Å². The molecule has 0 aliphatic rings. The molecule has 2 N–H and O–H groups in total. The van der Waals surface area contributed by atoms with Crippen molar-refractivity contribution < 1.29 is 10.2 Å². The third kappa shape index (κ3) is 7.25. The summed E-state index contributed by atoms with van der Waals surface area (Å²) in [6, 6.07) is 0. The summed E-state index contributed by atoms with van der Waals surface area (Å²) in [6.45, 7) is -0.218. The number of hydrogen-bond acceptors (Lipinski definition) is 2. The second-order valence-corrected chi connectivity index (χ2v) is 8.91. The van der Waals surface area contributed by atoms with Crippen LogP contribution in [-0.2, 0) is 0 Å². The Bertz CT molecular complexity index is 80.4. The van der Waals surface area contributed by atoms with Crippen molar-refractivity contribution in [2.75, 3.05) is 6.61 Å². The fraction of sp³-hybridized carbons (Fsp3) is 1.00. The van der Waals surface area contributed by atoms with Gasteiger partial charge in [-0.05, 0) is 0 Å². The lowest BCUT2D eigenvalue weighted by Crippen LogP contribution is -2.18. The lowest BCUT2D eigenvalue weighted by Gasteiger charge is -2.14. The smallest absolute Gasteiger partial charge is 0.137 e. The third-order valence-corrected chi connectivity index (χ3v) is 1.65. The highest BCUT2D eigenvalue weighted by Gasteiger charge is 2.21. The van der Waals surface area contributed by atoms with Crippen LogP contribution in [0.3, 0.4) is 0 Å². The SMILES string of the molecule is OCC(O)CC(Br)(Br)Br. The molecule has 0 amide bonds. The van der Waals surface area contributed by atoms with Gasteiger partial charge in [0.2, 0.25) is 0 Å². The minimum absolute atomic E-state index is 0.218. The first-order valence-electron chi connectivity index (χ1n) is 2.31. The maximum Gasteiger partial charge on any atom is 0.137 e. The Labute approximate surface area is 79.0 Å². The molecule has 0 aromatic heterocycles. The first kappa shape index (κ1) is 10.4. The van der Waals surface area contributed by atoms with E-state index in [1.807, 2.05) is 0 Å². The predicted molar refractivity (Wildman–Crippen MR) is 47.2 cm³/mol. The van der Waals surface area contributed by atoms with Crippen LogP contribution >= 0.6 is 47.8 Å². The number of alkyl halides is 3. The Morgan fingerprint density at radius 2 is 1.78 bits per heavy atom. The molecule has 0 fully saturated rings. The van der Waals surface area contributed by atoms with Crippen molar-refractivity contribution in [1.29, 1.82) is 0 Å². The van der Waals surface area contributed by atoms with Crippen molar-refractivity contribution in [1.82, 2.24) is 0 Å². The van der Waals surface area contributed by atoms with E-state index >= 15 is 0 Å². The van der Waals surface area contributed by atoms with Gasteiger partial charge in [-0.3, -0.25) is 0 Å². The standard InChI is InChI=1S/C4H7Br3O2/c5-4(6,7)1-3(9)2-8/h3,8-9H,1-2H2. The van der Waals surface area contributed by atoms with Gasteiger partial charge in [-0.15, -0.1) is 0 Å². The van der Waals surface area contributed by atoms with Gasteiger partial charge in [0.1, 0.15) is 2.14 Å². The molecule has 0 radical (unpaired) electrons. The number of aliphatic hydroxyl groups is 2. The van der Waals surface area contributed by atoms with Crippen LogP contribution in [0.15, 0.2) is 0 Å². The molecule has 2 nitrogen and oxygen atoms in total. The van der Waals surface area contributed by atoms with E-state index < -0.39 is 8.25 Å². The van der Waals surface area contributed by atoms with E-state index in [1.165, 1.54) is 0 Å². The summed E-state index contributed by atoms with van der Waals surface area (Å²) in [5.41, 5.74) is 0. The highest BCUT2D eigenvalue weighted by atomic mass is 80.0. The normalized spacial score (nSPS) is 15.7. The van der Waals surface area contributed by atoms with E-state index in [2.05, 4.69) is 47.8 Å². The number of halogens is 3. The summed E-state index contributed by atoms with van der Waals surface area (Å²) in [6.07, 6.45) is -0.285. The second kappa shape index (κ2) is 4.28. The van der Waals surface area contributed by atoms with Gasteiger partial charge in [0.05, 0.1) is 12.7 Å². The highest BCUT2D eigenvalue weighted by Crippen LogP contribution is 2.37. The second-order valence-electron chi connectivity index (χ2n) is 1.66. The first-order valence-corrected chi connectivity index (χ1v) is 4.69. The zero-order chi connectivity index (χ0) is 7.49. The fourth-order valence-corrected chi connectivity index (χ4v) is 1.45. The minimum Gasteiger partial charge on any atom is -0.394 e. The summed E-state index contributed by atoms with van der Waals surface area (Å²) in [5.74, 6) is 0. The highest BCUT2D eigenvalue weighted by molar-refractivity contribution is 9.39. The van der Waals surface area contributed by atoms with E-state index in [0.29, 0.717) is 6.42 Å². The topological polar surface area (TPSA) is 40.5 Å². The quantitative estimate of drug-likeness (QED) is 0.756. The maximum absolute atomic E-state index is 8.85. The van der Waals surface area contributed by atoms with Gasteiger partial charge in [0.25, 0.3) is 0 Å². The summed E-state index contributed by atoms with van der Waals surface area (Å²) in [4.78, 5) is 0. The van der Waals surface area contributed by atoms with Gasteiger partial charge in [-0.2, -0.15) is 0 Å². The third-order valence-electron chi connectivity index (χ3n) is 0.678. The molecule has 0 spiro atoms. The van der Waals surface area contributed by atoms with Crippen LogP contribution in [-0.4, -0.2) is 25.1 Å². The largest absolute Gasteiger partial charge is 0.394 e. The molecule has 0 aliphatic heterocycles. The monoisotopic (exact) mass is 324 g/mol. The molecule has 5 heteroatoms. The molecule has 9 heavy (non-hydrogen) atoms. The zero-order valence-corrected chi connectivity index (χ0v) is 9.28. The lowest BCUT2D eigenvalue weighted by atomic mass is 10.3. The van der Waals surface area contributed by atoms with Crippen LogP contribution in [0.25, 0.3) is 0 Å². The molecule has 0 saturated carbocycles. The number of hydrogen-bond donors (Lipinski definition) is 2. The van der Waals surface area contributed by atoms with Crippen LogP contribution in [0.5, 0.6) is 0 Å². The summed E-state index contributed by atoms with van der Waals surface area (Å²) >= 11 is 9.55. The summed E-state index contributed by atoms with van der Waals surface area (Å²) in [5, 5.41) is 17.2.